The van der Waals surface area contributed by atoms with E-state index in [1.807, 2.05) is 6.92 Å². The summed E-state index contributed by atoms with van der Waals surface area (Å²) in [5.41, 5.74) is 7.30. The molecule has 0 aromatic carbocycles. The molecule has 1 atom stereocenters. The molecular formula is C14H22BrNO2S. The van der Waals surface area contributed by atoms with Gasteiger partial charge < -0.3 is 10.5 Å². The van der Waals surface area contributed by atoms with Gasteiger partial charge in [-0.25, -0.2) is 0 Å². The van der Waals surface area contributed by atoms with Gasteiger partial charge in [0.2, 0.25) is 0 Å². The topological polar surface area (TPSA) is 52.3 Å². The second kappa shape index (κ2) is 6.86. The first-order chi connectivity index (χ1) is 8.75. The number of carbonyl (C=O) groups excluding carboxylic acids is 1. The van der Waals surface area contributed by atoms with Crippen LogP contribution < -0.4 is 5.73 Å². The Labute approximate surface area is 127 Å². The van der Waals surface area contributed by atoms with E-state index in [1.54, 1.807) is 11.3 Å². The van der Waals surface area contributed by atoms with Gasteiger partial charge in [0.15, 0.2) is 0 Å². The molecule has 0 aliphatic rings. The standard InChI is InChI=1S/C14H22BrNO2S/c1-5-18-12(17)8-14(3,4)7-10(16)11-6-9(2)13(15)19-11/h6,10H,5,7-8,16H2,1-4H3. The third-order valence-electron chi connectivity index (χ3n) is 2.94. The highest BCUT2D eigenvalue weighted by atomic mass is 79.9. The van der Waals surface area contributed by atoms with Crippen molar-refractivity contribution in [2.24, 2.45) is 11.1 Å². The van der Waals surface area contributed by atoms with Crippen LogP contribution in [0.25, 0.3) is 0 Å². The van der Waals surface area contributed by atoms with Crippen LogP contribution >= 0.6 is 27.3 Å². The quantitative estimate of drug-likeness (QED) is 0.785. The molecular weight excluding hydrogens is 326 g/mol. The Kier molecular flexibility index (Phi) is 6.02. The lowest BCUT2D eigenvalue weighted by Crippen LogP contribution is -2.24. The molecule has 0 aliphatic heterocycles. The Morgan fingerprint density at radius 3 is 2.68 bits per heavy atom. The van der Waals surface area contributed by atoms with Gasteiger partial charge in [-0.15, -0.1) is 11.3 Å². The summed E-state index contributed by atoms with van der Waals surface area (Å²) in [6.07, 6.45) is 1.16. The monoisotopic (exact) mass is 347 g/mol. The van der Waals surface area contributed by atoms with Gasteiger partial charge in [-0.1, -0.05) is 13.8 Å². The maximum atomic E-state index is 11.6. The number of esters is 1. The van der Waals surface area contributed by atoms with Crippen molar-refractivity contribution in [1.82, 2.24) is 0 Å². The molecule has 1 aromatic rings. The molecule has 19 heavy (non-hydrogen) atoms. The third kappa shape index (κ3) is 5.24. The van der Waals surface area contributed by atoms with Gasteiger partial charge >= 0.3 is 5.97 Å². The maximum absolute atomic E-state index is 11.6. The fourth-order valence-electron chi connectivity index (χ4n) is 2.04. The van der Waals surface area contributed by atoms with Crippen molar-refractivity contribution in [3.63, 3.8) is 0 Å². The summed E-state index contributed by atoms with van der Waals surface area (Å²) in [4.78, 5) is 12.7. The molecule has 0 saturated heterocycles. The zero-order chi connectivity index (χ0) is 14.6. The number of rotatable bonds is 6. The molecule has 3 nitrogen and oxygen atoms in total. The Hall–Kier alpha value is -0.390. The molecule has 2 N–H and O–H groups in total. The lowest BCUT2D eigenvalue weighted by Gasteiger charge is -2.26. The molecule has 0 radical (unpaired) electrons. The summed E-state index contributed by atoms with van der Waals surface area (Å²) in [6.45, 7) is 8.42. The molecule has 1 aromatic heterocycles. The molecule has 1 unspecified atom stereocenters. The van der Waals surface area contributed by atoms with Gasteiger partial charge in [0.1, 0.15) is 0 Å². The van der Waals surface area contributed by atoms with Crippen molar-refractivity contribution in [3.05, 3.63) is 20.3 Å². The average molecular weight is 348 g/mol. The predicted molar refractivity (Wildman–Crippen MR) is 83.3 cm³/mol. The lowest BCUT2D eigenvalue weighted by atomic mass is 9.82. The summed E-state index contributed by atoms with van der Waals surface area (Å²) in [6, 6.07) is 2.07. The normalized spacial score (nSPS) is 13.4. The highest BCUT2D eigenvalue weighted by Crippen LogP contribution is 2.37. The van der Waals surface area contributed by atoms with Gasteiger partial charge in [0.05, 0.1) is 16.8 Å². The molecule has 0 saturated carbocycles. The Morgan fingerprint density at radius 2 is 2.21 bits per heavy atom. The van der Waals surface area contributed by atoms with E-state index < -0.39 is 0 Å². The summed E-state index contributed by atoms with van der Waals surface area (Å²) in [5, 5.41) is 0. The van der Waals surface area contributed by atoms with Crippen LogP contribution in [-0.4, -0.2) is 12.6 Å². The molecule has 0 spiro atoms. The van der Waals surface area contributed by atoms with E-state index in [0.29, 0.717) is 13.0 Å². The summed E-state index contributed by atoms with van der Waals surface area (Å²) in [7, 11) is 0. The molecule has 5 heteroatoms. The maximum Gasteiger partial charge on any atom is 0.306 e. The summed E-state index contributed by atoms with van der Waals surface area (Å²) in [5.74, 6) is -0.150. The van der Waals surface area contributed by atoms with Gasteiger partial charge in [0.25, 0.3) is 0 Å². The van der Waals surface area contributed by atoms with E-state index >= 15 is 0 Å². The molecule has 0 aliphatic carbocycles. The number of halogens is 1. The zero-order valence-corrected chi connectivity index (χ0v) is 14.4. The Bertz CT molecular complexity index is 423. The van der Waals surface area contributed by atoms with Crippen LogP contribution in [0.2, 0.25) is 0 Å². The van der Waals surface area contributed by atoms with Crippen LogP contribution in [0.5, 0.6) is 0 Å². The van der Waals surface area contributed by atoms with Crippen molar-refractivity contribution >= 4 is 33.2 Å². The molecule has 108 valence electrons. The second-order valence-corrected chi connectivity index (χ2v) is 7.96. The SMILES string of the molecule is CCOC(=O)CC(C)(C)CC(N)c1cc(C)c(Br)s1. The fourth-order valence-corrected chi connectivity index (χ4v) is 3.61. The van der Waals surface area contributed by atoms with E-state index in [-0.39, 0.29) is 17.4 Å². The zero-order valence-electron chi connectivity index (χ0n) is 12.0. The molecule has 0 bridgehead atoms. The fraction of sp³-hybridized carbons (Fsp3) is 0.643. The predicted octanol–water partition coefficient (Wildman–Crippen LogP) is 4.19. The van der Waals surface area contributed by atoms with Crippen LogP contribution in [0.15, 0.2) is 9.85 Å². The Morgan fingerprint density at radius 1 is 1.58 bits per heavy atom. The van der Waals surface area contributed by atoms with Gasteiger partial charge in [-0.3, -0.25) is 4.79 Å². The molecule has 1 rings (SSSR count). The van der Waals surface area contributed by atoms with Crippen LogP contribution in [-0.2, 0) is 9.53 Å². The van der Waals surface area contributed by atoms with E-state index in [4.69, 9.17) is 10.5 Å². The van der Waals surface area contributed by atoms with Crippen LogP contribution in [0.3, 0.4) is 0 Å². The first kappa shape index (κ1) is 16.7. The van der Waals surface area contributed by atoms with Crippen molar-refractivity contribution in [2.45, 2.75) is 46.6 Å². The molecule has 0 amide bonds. The first-order valence-corrected chi connectivity index (χ1v) is 8.03. The molecule has 0 fully saturated rings. The van der Waals surface area contributed by atoms with Gasteiger partial charge in [0, 0.05) is 10.9 Å². The van der Waals surface area contributed by atoms with Crippen molar-refractivity contribution in [2.75, 3.05) is 6.61 Å². The van der Waals surface area contributed by atoms with E-state index in [1.165, 1.54) is 5.56 Å². The highest BCUT2D eigenvalue weighted by Gasteiger charge is 2.27. The van der Waals surface area contributed by atoms with Crippen LogP contribution in [0, 0.1) is 12.3 Å². The Balaban J connectivity index is 2.64. The van der Waals surface area contributed by atoms with Crippen LogP contribution in [0.1, 0.15) is 50.1 Å². The van der Waals surface area contributed by atoms with E-state index in [0.717, 1.165) is 15.1 Å². The highest BCUT2D eigenvalue weighted by molar-refractivity contribution is 9.11. The number of ether oxygens (including phenoxy) is 1. The largest absolute Gasteiger partial charge is 0.466 e. The third-order valence-corrected chi connectivity index (χ3v) is 5.21. The van der Waals surface area contributed by atoms with Gasteiger partial charge in [-0.05, 0) is 53.2 Å². The van der Waals surface area contributed by atoms with Crippen LogP contribution in [0.4, 0.5) is 0 Å². The lowest BCUT2D eigenvalue weighted by molar-refractivity contribution is -0.145. The van der Waals surface area contributed by atoms with E-state index in [2.05, 4.69) is 42.8 Å². The first-order valence-electron chi connectivity index (χ1n) is 6.42. The minimum absolute atomic E-state index is 0.0422. The number of carbonyl (C=O) groups is 1. The second-order valence-electron chi connectivity index (χ2n) is 5.56. The van der Waals surface area contributed by atoms with Crippen molar-refractivity contribution in [1.29, 1.82) is 0 Å². The smallest absolute Gasteiger partial charge is 0.306 e. The number of hydrogen-bond acceptors (Lipinski definition) is 4. The number of thiophene rings is 1. The summed E-state index contributed by atoms with van der Waals surface area (Å²) >= 11 is 5.18. The van der Waals surface area contributed by atoms with Gasteiger partial charge in [-0.2, -0.15) is 0 Å². The van der Waals surface area contributed by atoms with Crippen molar-refractivity contribution in [3.8, 4) is 0 Å². The number of aryl methyl sites for hydroxylation is 1. The summed E-state index contributed by atoms with van der Waals surface area (Å²) < 4.78 is 6.13. The minimum Gasteiger partial charge on any atom is -0.466 e. The van der Waals surface area contributed by atoms with Crippen molar-refractivity contribution < 1.29 is 9.53 Å². The average Bonchev–Trinajstić information content (AvgIpc) is 2.58. The minimum atomic E-state index is -0.157. The number of nitrogens with two attached hydrogens (primary N) is 1. The van der Waals surface area contributed by atoms with E-state index in [9.17, 15) is 4.79 Å². The molecule has 1 heterocycles. The number of hydrogen-bond donors (Lipinski definition) is 1.